The van der Waals surface area contributed by atoms with E-state index < -0.39 is 0 Å². The first kappa shape index (κ1) is 22.5. The number of fused-ring (bicyclic) bond motifs is 1. The molecule has 1 saturated heterocycles. The van der Waals surface area contributed by atoms with Crippen molar-refractivity contribution in [3.63, 3.8) is 0 Å². The molecule has 2 aromatic carbocycles. The number of carbonyl (C=O) groups is 1. The van der Waals surface area contributed by atoms with Crippen LogP contribution in [0.4, 0.5) is 0 Å². The molecule has 2 unspecified atom stereocenters. The summed E-state index contributed by atoms with van der Waals surface area (Å²) in [7, 11) is 1.68. The highest BCUT2D eigenvalue weighted by molar-refractivity contribution is 5.78. The Morgan fingerprint density at radius 2 is 1.78 bits per heavy atom. The number of amides is 1. The second-order valence-electron chi connectivity index (χ2n) is 8.53. The number of ether oxygens (including phenoxy) is 3. The van der Waals surface area contributed by atoms with Crippen LogP contribution in [0.2, 0.25) is 0 Å². The number of benzene rings is 2. The minimum absolute atomic E-state index is 0.184. The molecule has 2 aromatic rings. The summed E-state index contributed by atoms with van der Waals surface area (Å²) in [5.41, 5.74) is 2.46. The van der Waals surface area contributed by atoms with E-state index in [0.717, 1.165) is 49.7 Å². The molecule has 4 rings (SSSR count). The second-order valence-corrected chi connectivity index (χ2v) is 8.53. The Labute approximate surface area is 191 Å². The summed E-state index contributed by atoms with van der Waals surface area (Å²) in [5, 5.41) is 0. The van der Waals surface area contributed by atoms with Gasteiger partial charge in [0.15, 0.2) is 11.5 Å². The van der Waals surface area contributed by atoms with Crippen LogP contribution in [0.3, 0.4) is 0 Å². The standard InChI is InChI=1S/C26H34N2O4/c1-4-12-27(5-2)26(29)18-28-17-21(15-23(28)19-6-9-22(30-3)10-7-19)20-8-11-24-25(16-20)32-14-13-31-24/h6-11,16,21,23H,4-5,12-15,17-18H2,1-3H3. The second kappa shape index (κ2) is 10.3. The molecular weight excluding hydrogens is 404 g/mol. The lowest BCUT2D eigenvalue weighted by Gasteiger charge is -2.28. The Balaban J connectivity index is 1.57. The maximum Gasteiger partial charge on any atom is 0.236 e. The van der Waals surface area contributed by atoms with Crippen molar-refractivity contribution >= 4 is 5.91 Å². The van der Waals surface area contributed by atoms with Crippen LogP contribution in [0.5, 0.6) is 17.2 Å². The van der Waals surface area contributed by atoms with E-state index in [1.54, 1.807) is 7.11 Å². The Morgan fingerprint density at radius 1 is 1.06 bits per heavy atom. The summed E-state index contributed by atoms with van der Waals surface area (Å²) in [5.74, 6) is 3.01. The zero-order chi connectivity index (χ0) is 22.5. The molecule has 32 heavy (non-hydrogen) atoms. The molecule has 0 radical (unpaired) electrons. The van der Waals surface area contributed by atoms with E-state index >= 15 is 0 Å². The van der Waals surface area contributed by atoms with Gasteiger partial charge in [0.2, 0.25) is 5.91 Å². The number of nitrogens with zero attached hydrogens (tertiary/aromatic N) is 2. The highest BCUT2D eigenvalue weighted by Gasteiger charge is 2.36. The Hall–Kier alpha value is -2.73. The van der Waals surface area contributed by atoms with E-state index in [2.05, 4.69) is 43.0 Å². The van der Waals surface area contributed by atoms with Gasteiger partial charge in [-0.1, -0.05) is 25.1 Å². The van der Waals surface area contributed by atoms with Crippen LogP contribution in [0.15, 0.2) is 42.5 Å². The first-order chi connectivity index (χ1) is 15.6. The van der Waals surface area contributed by atoms with Crippen LogP contribution in [0, 0.1) is 0 Å². The van der Waals surface area contributed by atoms with Gasteiger partial charge < -0.3 is 19.1 Å². The van der Waals surface area contributed by atoms with Crippen molar-refractivity contribution in [3.8, 4) is 17.2 Å². The smallest absolute Gasteiger partial charge is 0.236 e. The molecule has 0 N–H and O–H groups in total. The molecule has 2 heterocycles. The topological polar surface area (TPSA) is 51.2 Å². The van der Waals surface area contributed by atoms with Gasteiger partial charge in [0, 0.05) is 25.7 Å². The van der Waals surface area contributed by atoms with Gasteiger partial charge in [0.1, 0.15) is 19.0 Å². The minimum Gasteiger partial charge on any atom is -0.497 e. The van der Waals surface area contributed by atoms with E-state index in [1.807, 2.05) is 23.1 Å². The molecule has 1 amide bonds. The number of hydrogen-bond acceptors (Lipinski definition) is 5. The van der Waals surface area contributed by atoms with E-state index in [0.29, 0.717) is 25.7 Å². The Kier molecular flexibility index (Phi) is 7.20. The average molecular weight is 439 g/mol. The molecule has 0 aliphatic carbocycles. The van der Waals surface area contributed by atoms with Crippen molar-refractivity contribution in [2.24, 2.45) is 0 Å². The minimum atomic E-state index is 0.184. The highest BCUT2D eigenvalue weighted by atomic mass is 16.6. The van der Waals surface area contributed by atoms with Gasteiger partial charge in [0.25, 0.3) is 0 Å². The van der Waals surface area contributed by atoms with Gasteiger partial charge in [0.05, 0.1) is 13.7 Å². The molecule has 6 nitrogen and oxygen atoms in total. The van der Waals surface area contributed by atoms with Crippen LogP contribution in [0.25, 0.3) is 0 Å². The summed E-state index contributed by atoms with van der Waals surface area (Å²) >= 11 is 0. The number of likely N-dealkylation sites (N-methyl/N-ethyl adjacent to an activating group) is 1. The van der Waals surface area contributed by atoms with Gasteiger partial charge in [-0.25, -0.2) is 0 Å². The molecule has 0 aromatic heterocycles. The SMILES string of the molecule is CCCN(CC)C(=O)CN1CC(c2ccc3c(c2)OCCO3)CC1c1ccc(OC)cc1. The van der Waals surface area contributed by atoms with Crippen LogP contribution in [-0.4, -0.2) is 62.2 Å². The zero-order valence-electron chi connectivity index (χ0n) is 19.4. The van der Waals surface area contributed by atoms with E-state index in [9.17, 15) is 4.79 Å². The lowest BCUT2D eigenvalue weighted by atomic mass is 9.93. The Bertz CT molecular complexity index is 915. The van der Waals surface area contributed by atoms with Crippen LogP contribution < -0.4 is 14.2 Å². The number of rotatable bonds is 8. The number of methoxy groups -OCH3 is 1. The molecule has 0 spiro atoms. The summed E-state index contributed by atoms with van der Waals surface area (Å²) in [4.78, 5) is 17.4. The fourth-order valence-electron chi connectivity index (χ4n) is 4.81. The van der Waals surface area contributed by atoms with Gasteiger partial charge in [-0.15, -0.1) is 0 Å². The summed E-state index contributed by atoms with van der Waals surface area (Å²) in [6.07, 6.45) is 1.93. The normalized spacial score (nSPS) is 20.2. The highest BCUT2D eigenvalue weighted by Crippen LogP contribution is 2.43. The summed E-state index contributed by atoms with van der Waals surface area (Å²) < 4.78 is 16.8. The van der Waals surface area contributed by atoms with Crippen LogP contribution >= 0.6 is 0 Å². The first-order valence-corrected chi connectivity index (χ1v) is 11.7. The molecule has 172 valence electrons. The maximum absolute atomic E-state index is 13.1. The van der Waals surface area contributed by atoms with Crippen LogP contribution in [-0.2, 0) is 4.79 Å². The van der Waals surface area contributed by atoms with E-state index in [4.69, 9.17) is 14.2 Å². The lowest BCUT2D eigenvalue weighted by Crippen LogP contribution is -2.40. The summed E-state index contributed by atoms with van der Waals surface area (Å²) in [6, 6.07) is 14.7. The van der Waals surface area contributed by atoms with Crippen molar-refractivity contribution in [2.45, 2.75) is 38.6 Å². The molecule has 0 saturated carbocycles. The third-order valence-electron chi connectivity index (χ3n) is 6.51. The van der Waals surface area contributed by atoms with Crippen LogP contribution in [0.1, 0.15) is 49.8 Å². The van der Waals surface area contributed by atoms with E-state index in [1.165, 1.54) is 11.1 Å². The van der Waals surface area contributed by atoms with Crippen molar-refractivity contribution in [2.75, 3.05) is 46.5 Å². The Morgan fingerprint density at radius 3 is 2.47 bits per heavy atom. The van der Waals surface area contributed by atoms with Crippen molar-refractivity contribution in [1.29, 1.82) is 0 Å². The predicted molar refractivity (Wildman–Crippen MR) is 125 cm³/mol. The average Bonchev–Trinajstić information content (AvgIpc) is 3.25. The molecule has 6 heteroatoms. The van der Waals surface area contributed by atoms with Crippen molar-refractivity contribution in [1.82, 2.24) is 9.80 Å². The molecule has 2 atom stereocenters. The number of carbonyl (C=O) groups excluding carboxylic acids is 1. The fraction of sp³-hybridized carbons (Fsp3) is 0.500. The monoisotopic (exact) mass is 438 g/mol. The van der Waals surface area contributed by atoms with Gasteiger partial charge in [-0.05, 0) is 61.1 Å². The quantitative estimate of drug-likeness (QED) is 0.617. The van der Waals surface area contributed by atoms with Gasteiger partial charge >= 0.3 is 0 Å². The van der Waals surface area contributed by atoms with Crippen molar-refractivity contribution < 1.29 is 19.0 Å². The third kappa shape index (κ3) is 4.85. The third-order valence-corrected chi connectivity index (χ3v) is 6.51. The maximum atomic E-state index is 13.1. The molecule has 1 fully saturated rings. The fourth-order valence-corrected chi connectivity index (χ4v) is 4.81. The number of hydrogen-bond donors (Lipinski definition) is 0. The zero-order valence-corrected chi connectivity index (χ0v) is 19.4. The number of likely N-dealkylation sites (tertiary alicyclic amines) is 1. The van der Waals surface area contributed by atoms with Gasteiger partial charge in [-0.2, -0.15) is 0 Å². The predicted octanol–water partition coefficient (Wildman–Crippen LogP) is 4.26. The van der Waals surface area contributed by atoms with Crippen molar-refractivity contribution in [3.05, 3.63) is 53.6 Å². The van der Waals surface area contributed by atoms with E-state index in [-0.39, 0.29) is 11.9 Å². The molecule has 2 aliphatic heterocycles. The largest absolute Gasteiger partial charge is 0.497 e. The first-order valence-electron chi connectivity index (χ1n) is 11.7. The molecular formula is C26H34N2O4. The lowest BCUT2D eigenvalue weighted by molar-refractivity contribution is -0.132. The molecule has 2 aliphatic rings. The van der Waals surface area contributed by atoms with Gasteiger partial charge in [-0.3, -0.25) is 9.69 Å². The molecule has 0 bridgehead atoms. The summed E-state index contributed by atoms with van der Waals surface area (Å²) in [6.45, 7) is 8.18.